The Balaban J connectivity index is 2.00. The number of nitrogens with one attached hydrogen (secondary N) is 1. The molecule has 0 aliphatic heterocycles. The third-order valence-corrected chi connectivity index (χ3v) is 4.86. The van der Waals surface area contributed by atoms with Gasteiger partial charge in [-0.05, 0) is 61.4 Å². The molecule has 2 aromatic rings. The maximum Gasteiger partial charge on any atom is 0.261 e. The first-order valence-electron chi connectivity index (χ1n) is 9.23. The van der Waals surface area contributed by atoms with Gasteiger partial charge in [-0.3, -0.25) is 4.79 Å². The van der Waals surface area contributed by atoms with Crippen LogP contribution in [0.25, 0.3) is 0 Å². The highest BCUT2D eigenvalue weighted by Gasteiger charge is 2.19. The lowest BCUT2D eigenvalue weighted by atomic mass is 9.86. The molecular formula is C23H31NO2. The molecule has 0 radical (unpaired) electrons. The fraction of sp³-hybridized carbons (Fsp3) is 0.435. The first kappa shape index (κ1) is 20.0. The van der Waals surface area contributed by atoms with Gasteiger partial charge < -0.3 is 10.1 Å². The quantitative estimate of drug-likeness (QED) is 0.798. The molecule has 26 heavy (non-hydrogen) atoms. The van der Waals surface area contributed by atoms with E-state index in [9.17, 15) is 4.79 Å². The second kappa shape index (κ2) is 7.94. The van der Waals surface area contributed by atoms with Gasteiger partial charge in [0.25, 0.3) is 5.91 Å². The number of aryl methyl sites for hydroxylation is 1. The van der Waals surface area contributed by atoms with E-state index in [4.69, 9.17) is 4.74 Å². The van der Waals surface area contributed by atoms with Crippen LogP contribution in [0.3, 0.4) is 0 Å². The molecule has 1 amide bonds. The average Bonchev–Trinajstić information content (AvgIpc) is 2.58. The minimum atomic E-state index is -0.549. The van der Waals surface area contributed by atoms with Gasteiger partial charge in [0.1, 0.15) is 5.75 Å². The number of carbonyl (C=O) groups excluding carboxylic acids is 1. The maximum atomic E-state index is 12.5. The Kier molecular flexibility index (Phi) is 6.12. The lowest BCUT2D eigenvalue weighted by molar-refractivity contribution is -0.127. The van der Waals surface area contributed by atoms with Crippen molar-refractivity contribution in [2.24, 2.45) is 0 Å². The molecule has 0 aromatic heterocycles. The van der Waals surface area contributed by atoms with E-state index in [-0.39, 0.29) is 17.4 Å². The number of ether oxygens (including phenoxy) is 1. The molecular weight excluding hydrogens is 322 g/mol. The van der Waals surface area contributed by atoms with Gasteiger partial charge >= 0.3 is 0 Å². The van der Waals surface area contributed by atoms with Crippen LogP contribution in [0.4, 0.5) is 0 Å². The Bertz CT molecular complexity index is 757. The lowest BCUT2D eigenvalue weighted by Crippen LogP contribution is -2.37. The second-order valence-electron chi connectivity index (χ2n) is 8.06. The van der Waals surface area contributed by atoms with Gasteiger partial charge in [0.15, 0.2) is 6.10 Å². The topological polar surface area (TPSA) is 38.3 Å². The zero-order valence-corrected chi connectivity index (χ0v) is 17.0. The van der Waals surface area contributed by atoms with Crippen LogP contribution in [0.1, 0.15) is 62.9 Å². The van der Waals surface area contributed by atoms with Crippen LogP contribution in [0.2, 0.25) is 0 Å². The number of carbonyl (C=O) groups is 1. The van der Waals surface area contributed by atoms with Gasteiger partial charge in [-0.1, -0.05) is 57.2 Å². The first-order valence-corrected chi connectivity index (χ1v) is 9.23. The summed E-state index contributed by atoms with van der Waals surface area (Å²) >= 11 is 0. The monoisotopic (exact) mass is 353 g/mol. The molecule has 2 aromatic carbocycles. The highest BCUT2D eigenvalue weighted by Crippen LogP contribution is 2.24. The predicted molar refractivity (Wildman–Crippen MR) is 108 cm³/mol. The van der Waals surface area contributed by atoms with Gasteiger partial charge in [-0.2, -0.15) is 0 Å². The van der Waals surface area contributed by atoms with E-state index >= 15 is 0 Å². The van der Waals surface area contributed by atoms with E-state index in [2.05, 4.69) is 50.4 Å². The predicted octanol–water partition coefficient (Wildman–Crippen LogP) is 5.25. The largest absolute Gasteiger partial charge is 0.481 e. The summed E-state index contributed by atoms with van der Waals surface area (Å²) in [4.78, 5) is 12.5. The van der Waals surface area contributed by atoms with Crippen LogP contribution >= 0.6 is 0 Å². The van der Waals surface area contributed by atoms with Crippen molar-refractivity contribution < 1.29 is 9.53 Å². The summed E-state index contributed by atoms with van der Waals surface area (Å²) in [5.74, 6) is 0.646. The standard InChI is InChI=1S/C23H31NO2/c1-15-9-8-10-21(16(15)2)26-18(4)22(25)24-17(3)19-11-13-20(14-12-19)23(5,6)7/h8-14,17-18H,1-7H3,(H,24,25). The fourth-order valence-electron chi connectivity index (χ4n) is 2.78. The maximum absolute atomic E-state index is 12.5. The molecule has 3 heteroatoms. The summed E-state index contributed by atoms with van der Waals surface area (Å²) in [7, 11) is 0. The molecule has 2 atom stereocenters. The van der Waals surface area contributed by atoms with Gasteiger partial charge in [-0.15, -0.1) is 0 Å². The molecule has 0 bridgehead atoms. The normalized spacial score (nSPS) is 13.8. The first-order chi connectivity index (χ1) is 12.1. The van der Waals surface area contributed by atoms with E-state index in [1.807, 2.05) is 39.0 Å². The molecule has 0 spiro atoms. The van der Waals surface area contributed by atoms with Crippen LogP contribution in [0, 0.1) is 13.8 Å². The van der Waals surface area contributed by atoms with Crippen LogP contribution in [0.5, 0.6) is 5.75 Å². The van der Waals surface area contributed by atoms with Crippen molar-refractivity contribution in [3.8, 4) is 5.75 Å². The Hall–Kier alpha value is -2.29. The molecule has 0 aliphatic carbocycles. The minimum absolute atomic E-state index is 0.0684. The summed E-state index contributed by atoms with van der Waals surface area (Å²) in [5, 5.41) is 3.04. The summed E-state index contributed by atoms with van der Waals surface area (Å²) in [6, 6.07) is 14.3. The van der Waals surface area contributed by atoms with Crippen molar-refractivity contribution in [3.63, 3.8) is 0 Å². The highest BCUT2D eigenvalue weighted by molar-refractivity contribution is 5.81. The van der Waals surface area contributed by atoms with E-state index in [1.165, 1.54) is 5.56 Å². The Morgan fingerprint density at radius 1 is 1.00 bits per heavy atom. The lowest BCUT2D eigenvalue weighted by Gasteiger charge is -2.22. The molecule has 0 heterocycles. The van der Waals surface area contributed by atoms with Crippen molar-refractivity contribution in [3.05, 3.63) is 64.7 Å². The SMILES string of the molecule is Cc1cccc(OC(C)C(=O)NC(C)c2ccc(C(C)(C)C)cc2)c1C. The summed E-state index contributed by atoms with van der Waals surface area (Å²) in [6.07, 6.45) is -0.549. The molecule has 1 N–H and O–H groups in total. The van der Waals surface area contributed by atoms with Crippen LogP contribution in [0.15, 0.2) is 42.5 Å². The molecule has 3 nitrogen and oxygen atoms in total. The third-order valence-electron chi connectivity index (χ3n) is 4.86. The van der Waals surface area contributed by atoms with E-state index in [0.717, 1.165) is 22.4 Å². The molecule has 0 fully saturated rings. The van der Waals surface area contributed by atoms with Crippen molar-refractivity contribution in [2.45, 2.75) is 66.0 Å². The van der Waals surface area contributed by atoms with Crippen LogP contribution in [-0.4, -0.2) is 12.0 Å². The zero-order chi connectivity index (χ0) is 19.5. The third kappa shape index (κ3) is 4.87. The number of hydrogen-bond acceptors (Lipinski definition) is 2. The minimum Gasteiger partial charge on any atom is -0.481 e. The zero-order valence-electron chi connectivity index (χ0n) is 17.0. The average molecular weight is 354 g/mol. The fourth-order valence-corrected chi connectivity index (χ4v) is 2.78. The second-order valence-corrected chi connectivity index (χ2v) is 8.06. The van der Waals surface area contributed by atoms with Gasteiger partial charge in [0, 0.05) is 0 Å². The smallest absolute Gasteiger partial charge is 0.261 e. The van der Waals surface area contributed by atoms with Crippen LogP contribution in [-0.2, 0) is 10.2 Å². The number of rotatable bonds is 5. The molecule has 0 saturated heterocycles. The molecule has 140 valence electrons. The van der Waals surface area contributed by atoms with Crippen LogP contribution < -0.4 is 10.1 Å². The van der Waals surface area contributed by atoms with Crippen molar-refractivity contribution in [1.29, 1.82) is 0 Å². The van der Waals surface area contributed by atoms with Crippen molar-refractivity contribution in [1.82, 2.24) is 5.32 Å². The van der Waals surface area contributed by atoms with E-state index < -0.39 is 6.10 Å². The Morgan fingerprint density at radius 3 is 2.19 bits per heavy atom. The number of hydrogen-bond donors (Lipinski definition) is 1. The van der Waals surface area contributed by atoms with E-state index in [1.54, 1.807) is 6.92 Å². The van der Waals surface area contributed by atoms with E-state index in [0.29, 0.717) is 0 Å². The summed E-state index contributed by atoms with van der Waals surface area (Å²) in [5.41, 5.74) is 4.72. The molecule has 0 aliphatic rings. The van der Waals surface area contributed by atoms with Gasteiger partial charge in [0.2, 0.25) is 0 Å². The number of amides is 1. The van der Waals surface area contributed by atoms with Gasteiger partial charge in [-0.25, -0.2) is 0 Å². The summed E-state index contributed by atoms with van der Waals surface area (Å²) < 4.78 is 5.88. The highest BCUT2D eigenvalue weighted by atomic mass is 16.5. The van der Waals surface area contributed by atoms with Crippen molar-refractivity contribution >= 4 is 5.91 Å². The van der Waals surface area contributed by atoms with Gasteiger partial charge in [0.05, 0.1) is 6.04 Å². The molecule has 2 unspecified atom stereocenters. The summed E-state index contributed by atoms with van der Waals surface area (Å²) in [6.45, 7) is 14.4. The number of benzene rings is 2. The Morgan fingerprint density at radius 2 is 1.62 bits per heavy atom. The Labute approximate surface area is 157 Å². The van der Waals surface area contributed by atoms with Crippen molar-refractivity contribution in [2.75, 3.05) is 0 Å². The molecule has 0 saturated carbocycles. The molecule has 2 rings (SSSR count).